The average Bonchev–Trinajstić information content (AvgIpc) is 3.11. The molecule has 0 radical (unpaired) electrons. The Morgan fingerprint density at radius 2 is 1.85 bits per heavy atom. The second kappa shape index (κ2) is 6.54. The lowest BCUT2D eigenvalue weighted by molar-refractivity contribution is -0.164. The van der Waals surface area contributed by atoms with Crippen molar-refractivity contribution in [1.82, 2.24) is 9.97 Å². The number of hydrogen-bond donors (Lipinski definition) is 1. The van der Waals surface area contributed by atoms with Gasteiger partial charge in [-0.3, -0.25) is 9.69 Å². The summed E-state index contributed by atoms with van der Waals surface area (Å²) in [7, 11) is 0. The second-order valence-electron chi connectivity index (χ2n) is 6.56. The van der Waals surface area contributed by atoms with Crippen LogP contribution in [0.5, 0.6) is 0 Å². The summed E-state index contributed by atoms with van der Waals surface area (Å²) in [5, 5.41) is 0. The van der Waals surface area contributed by atoms with E-state index in [1.807, 2.05) is 61.5 Å². The smallest absolute Gasteiger partial charge is 0.341 e. The van der Waals surface area contributed by atoms with E-state index in [1.165, 1.54) is 4.90 Å². The molecule has 27 heavy (non-hydrogen) atoms. The van der Waals surface area contributed by atoms with Gasteiger partial charge in [-0.05, 0) is 37.6 Å². The first-order chi connectivity index (χ1) is 13.1. The zero-order valence-electron chi connectivity index (χ0n) is 15.3. The molecular formula is C21H21N3O3. The molecule has 1 fully saturated rings. The van der Waals surface area contributed by atoms with Crippen LogP contribution in [0.25, 0.3) is 11.0 Å². The fourth-order valence-corrected chi connectivity index (χ4v) is 3.95. The van der Waals surface area contributed by atoms with E-state index in [-0.39, 0.29) is 12.5 Å². The summed E-state index contributed by atoms with van der Waals surface area (Å²) >= 11 is 0. The van der Waals surface area contributed by atoms with Crippen LogP contribution in [-0.4, -0.2) is 28.5 Å². The van der Waals surface area contributed by atoms with Crippen molar-refractivity contribution in [3.8, 4) is 0 Å². The minimum atomic E-state index is -1.29. The molecule has 6 heteroatoms. The number of amides is 1. The van der Waals surface area contributed by atoms with Gasteiger partial charge in [0.15, 0.2) is 0 Å². The summed E-state index contributed by atoms with van der Waals surface area (Å²) in [5.41, 5.74) is 0.930. The topological polar surface area (TPSA) is 75.3 Å². The first kappa shape index (κ1) is 17.3. The predicted octanol–water partition coefficient (Wildman–Crippen LogP) is 3.39. The molecule has 2 aromatic carbocycles. The average molecular weight is 363 g/mol. The number of carbonyl (C=O) groups is 2. The third-order valence-corrected chi connectivity index (χ3v) is 5.14. The van der Waals surface area contributed by atoms with Gasteiger partial charge in [0, 0.05) is 5.69 Å². The van der Waals surface area contributed by atoms with Crippen LogP contribution in [0.2, 0.25) is 0 Å². The van der Waals surface area contributed by atoms with Crippen molar-refractivity contribution in [1.29, 1.82) is 0 Å². The number of esters is 1. The highest BCUT2D eigenvalue weighted by Gasteiger charge is 2.68. The molecule has 2 heterocycles. The number of nitrogens with one attached hydrogen (secondary N) is 1. The van der Waals surface area contributed by atoms with E-state index in [4.69, 9.17) is 4.74 Å². The third-order valence-electron chi connectivity index (χ3n) is 5.14. The Bertz CT molecular complexity index is 965. The fourth-order valence-electron chi connectivity index (χ4n) is 3.95. The Labute approximate surface area is 157 Å². The SMILES string of the molecule is CCOC(=O)C1(c2nc3ccccc3[nH]2)C(CC)C(=O)N1c1ccccc1. The number of fused-ring (bicyclic) bond motifs is 1. The predicted molar refractivity (Wildman–Crippen MR) is 102 cm³/mol. The van der Waals surface area contributed by atoms with Crippen LogP contribution in [0.3, 0.4) is 0 Å². The zero-order valence-corrected chi connectivity index (χ0v) is 15.3. The van der Waals surface area contributed by atoms with Crippen LogP contribution in [0.4, 0.5) is 5.69 Å². The number of hydrogen-bond acceptors (Lipinski definition) is 4. The number of aromatic amines is 1. The first-order valence-corrected chi connectivity index (χ1v) is 9.16. The lowest BCUT2D eigenvalue weighted by Gasteiger charge is -2.53. The van der Waals surface area contributed by atoms with Gasteiger partial charge in [0.25, 0.3) is 0 Å². The number of para-hydroxylation sites is 3. The highest BCUT2D eigenvalue weighted by atomic mass is 16.5. The number of β-lactam (4-membered cyclic amide) rings is 1. The highest BCUT2D eigenvalue weighted by molar-refractivity contribution is 6.14. The molecule has 2 unspecified atom stereocenters. The molecule has 0 saturated carbocycles. The van der Waals surface area contributed by atoms with Crippen molar-refractivity contribution >= 4 is 28.6 Å². The molecule has 2 atom stereocenters. The third kappa shape index (κ3) is 2.36. The van der Waals surface area contributed by atoms with E-state index in [1.54, 1.807) is 6.92 Å². The minimum absolute atomic E-state index is 0.0998. The molecule has 1 amide bonds. The summed E-state index contributed by atoms with van der Waals surface area (Å²) in [4.78, 5) is 35.7. The Balaban J connectivity index is 1.95. The maximum absolute atomic E-state index is 13.2. The van der Waals surface area contributed by atoms with Crippen molar-refractivity contribution in [2.24, 2.45) is 5.92 Å². The molecule has 1 saturated heterocycles. The number of nitrogens with zero attached hydrogens (tertiary/aromatic N) is 2. The van der Waals surface area contributed by atoms with Crippen molar-refractivity contribution in [2.75, 3.05) is 11.5 Å². The molecule has 138 valence electrons. The van der Waals surface area contributed by atoms with Gasteiger partial charge in [-0.25, -0.2) is 9.78 Å². The summed E-state index contributed by atoms with van der Waals surface area (Å²) < 4.78 is 5.44. The molecule has 3 aromatic rings. The van der Waals surface area contributed by atoms with Crippen LogP contribution >= 0.6 is 0 Å². The zero-order chi connectivity index (χ0) is 19.0. The van der Waals surface area contributed by atoms with E-state index in [2.05, 4.69) is 9.97 Å². The van der Waals surface area contributed by atoms with Gasteiger partial charge in [-0.15, -0.1) is 0 Å². The van der Waals surface area contributed by atoms with Gasteiger partial charge in [0.2, 0.25) is 11.4 Å². The molecule has 1 aromatic heterocycles. The van der Waals surface area contributed by atoms with Crippen LogP contribution < -0.4 is 4.90 Å². The molecule has 0 spiro atoms. The summed E-state index contributed by atoms with van der Waals surface area (Å²) in [6.07, 6.45) is 0.512. The molecule has 1 N–H and O–H groups in total. The Morgan fingerprint density at radius 1 is 1.15 bits per heavy atom. The minimum Gasteiger partial charge on any atom is -0.464 e. The van der Waals surface area contributed by atoms with Crippen molar-refractivity contribution in [3.63, 3.8) is 0 Å². The maximum Gasteiger partial charge on any atom is 0.341 e. The molecule has 0 aliphatic carbocycles. The summed E-state index contributed by atoms with van der Waals surface area (Å²) in [6, 6.07) is 16.8. The first-order valence-electron chi connectivity index (χ1n) is 9.16. The van der Waals surface area contributed by atoms with Gasteiger partial charge in [-0.2, -0.15) is 0 Å². The number of benzene rings is 2. The monoisotopic (exact) mass is 363 g/mol. The molecule has 4 rings (SSSR count). The standard InChI is InChI=1S/C21H21N3O3/c1-3-15-18(25)24(14-10-6-5-7-11-14)21(15,20(26)27-4-2)19-22-16-12-8-9-13-17(16)23-19/h5-13,15H,3-4H2,1-2H3,(H,22,23). The fraction of sp³-hybridized carbons (Fsp3) is 0.286. The van der Waals surface area contributed by atoms with Gasteiger partial charge in [-0.1, -0.05) is 37.3 Å². The summed E-state index contributed by atoms with van der Waals surface area (Å²) in [5.74, 6) is -0.647. The lowest BCUT2D eigenvalue weighted by Crippen LogP contribution is -2.73. The van der Waals surface area contributed by atoms with Gasteiger partial charge in [0.05, 0.1) is 23.6 Å². The highest BCUT2D eigenvalue weighted by Crippen LogP contribution is 2.50. The number of aromatic nitrogens is 2. The molecule has 1 aliphatic heterocycles. The van der Waals surface area contributed by atoms with E-state index in [9.17, 15) is 9.59 Å². The van der Waals surface area contributed by atoms with E-state index in [0.717, 1.165) is 11.0 Å². The van der Waals surface area contributed by atoms with Crippen LogP contribution in [-0.2, 0) is 19.9 Å². The molecule has 0 bridgehead atoms. The van der Waals surface area contributed by atoms with Gasteiger partial charge < -0.3 is 9.72 Å². The van der Waals surface area contributed by atoms with E-state index in [0.29, 0.717) is 17.9 Å². The number of H-pyrrole nitrogens is 1. The number of anilines is 1. The number of imidazole rings is 1. The molecule has 1 aliphatic rings. The number of carbonyl (C=O) groups excluding carboxylic acids is 2. The van der Waals surface area contributed by atoms with Crippen molar-refractivity contribution in [2.45, 2.75) is 25.8 Å². The quantitative estimate of drug-likeness (QED) is 0.557. The number of ether oxygens (including phenoxy) is 1. The second-order valence-corrected chi connectivity index (χ2v) is 6.56. The van der Waals surface area contributed by atoms with Crippen molar-refractivity contribution in [3.05, 3.63) is 60.4 Å². The van der Waals surface area contributed by atoms with Gasteiger partial charge >= 0.3 is 5.97 Å². The van der Waals surface area contributed by atoms with Crippen LogP contribution in [0, 0.1) is 5.92 Å². The largest absolute Gasteiger partial charge is 0.464 e. The lowest BCUT2D eigenvalue weighted by atomic mass is 9.70. The van der Waals surface area contributed by atoms with Crippen molar-refractivity contribution < 1.29 is 14.3 Å². The maximum atomic E-state index is 13.2. The molecule has 6 nitrogen and oxygen atoms in total. The number of rotatable bonds is 5. The van der Waals surface area contributed by atoms with Crippen LogP contribution in [0.1, 0.15) is 26.1 Å². The molecular weight excluding hydrogens is 342 g/mol. The normalized spacial score (nSPS) is 21.9. The Morgan fingerprint density at radius 3 is 2.52 bits per heavy atom. The van der Waals surface area contributed by atoms with E-state index >= 15 is 0 Å². The van der Waals surface area contributed by atoms with Crippen LogP contribution in [0.15, 0.2) is 54.6 Å². The summed E-state index contributed by atoms with van der Waals surface area (Å²) in [6.45, 7) is 3.90. The Hall–Kier alpha value is -3.15. The van der Waals surface area contributed by atoms with Gasteiger partial charge in [0.1, 0.15) is 5.82 Å². The van der Waals surface area contributed by atoms with E-state index < -0.39 is 17.4 Å². The Kier molecular flexibility index (Phi) is 4.18.